The van der Waals surface area contributed by atoms with Gasteiger partial charge in [-0.2, -0.15) is 18.4 Å². The zero-order chi connectivity index (χ0) is 24.3. The van der Waals surface area contributed by atoms with Crippen LogP contribution < -0.4 is 5.32 Å². The molecule has 0 spiro atoms. The SMILES string of the molecule is O=C(OC1CCCCC1)c1ccc(NC(=O)N2C(F)CC(C(F)(F)F)CC2c2nn[nH]n2)cc1. The zero-order valence-electron chi connectivity index (χ0n) is 18.1. The molecule has 2 N–H and O–H groups in total. The van der Waals surface area contributed by atoms with Crippen LogP contribution in [-0.4, -0.2) is 56.1 Å². The van der Waals surface area contributed by atoms with Gasteiger partial charge in [0.05, 0.1) is 11.5 Å². The summed E-state index contributed by atoms with van der Waals surface area (Å²) < 4.78 is 60.1. The number of aromatic amines is 1. The van der Waals surface area contributed by atoms with Crippen LogP contribution in [0, 0.1) is 5.92 Å². The predicted octanol–water partition coefficient (Wildman–Crippen LogP) is 4.53. The summed E-state index contributed by atoms with van der Waals surface area (Å²) in [7, 11) is 0. The molecule has 1 saturated carbocycles. The largest absolute Gasteiger partial charge is 0.459 e. The Labute approximate surface area is 192 Å². The smallest absolute Gasteiger partial charge is 0.392 e. The normalized spacial score (nSPS) is 24.0. The summed E-state index contributed by atoms with van der Waals surface area (Å²) in [5.74, 6) is -2.64. The molecule has 2 heterocycles. The third-order valence-electron chi connectivity index (χ3n) is 6.18. The van der Waals surface area contributed by atoms with Crippen LogP contribution in [0.1, 0.15) is 67.2 Å². The number of alkyl halides is 4. The van der Waals surface area contributed by atoms with Gasteiger partial charge in [0.15, 0.2) is 12.1 Å². The Morgan fingerprint density at radius 1 is 1.09 bits per heavy atom. The zero-order valence-corrected chi connectivity index (χ0v) is 18.1. The second kappa shape index (κ2) is 9.94. The molecule has 13 heteroatoms. The first-order valence-electron chi connectivity index (χ1n) is 11.1. The van der Waals surface area contributed by atoms with Crippen molar-refractivity contribution >= 4 is 17.7 Å². The highest BCUT2D eigenvalue weighted by atomic mass is 19.4. The van der Waals surface area contributed by atoms with E-state index in [0.29, 0.717) is 10.5 Å². The first kappa shape index (κ1) is 23.9. The molecule has 3 unspecified atom stereocenters. The van der Waals surface area contributed by atoms with Crippen LogP contribution in [0.4, 0.5) is 28.0 Å². The molecular weight excluding hydrogens is 460 g/mol. The molecular formula is C21H24F4N6O3. The van der Waals surface area contributed by atoms with E-state index in [2.05, 4.69) is 25.9 Å². The standard InChI is InChI=1S/C21H24F4N6O3/c22-17-11-13(21(23,24)25)10-16(18-27-29-30-28-18)31(17)20(33)26-14-8-6-12(7-9-14)19(32)34-15-4-2-1-3-5-15/h6-9,13,15-17H,1-5,10-11H2,(H,26,33)(H,27,28,29,30). The Kier molecular flexibility index (Phi) is 6.98. The van der Waals surface area contributed by atoms with E-state index < -0.39 is 49.3 Å². The molecule has 184 valence electrons. The van der Waals surface area contributed by atoms with Gasteiger partial charge in [-0.25, -0.2) is 14.0 Å². The number of tetrazole rings is 1. The highest BCUT2D eigenvalue weighted by molar-refractivity contribution is 5.92. The third kappa shape index (κ3) is 5.45. The van der Waals surface area contributed by atoms with E-state index in [-0.39, 0.29) is 17.6 Å². The molecule has 4 rings (SSSR count). The summed E-state index contributed by atoms with van der Waals surface area (Å²) in [5, 5.41) is 15.2. The topological polar surface area (TPSA) is 113 Å². The fourth-order valence-corrected chi connectivity index (χ4v) is 4.38. The van der Waals surface area contributed by atoms with Gasteiger partial charge < -0.3 is 10.1 Å². The number of carbonyl (C=O) groups excluding carboxylic acids is 2. The van der Waals surface area contributed by atoms with Gasteiger partial charge in [-0.15, -0.1) is 10.2 Å². The van der Waals surface area contributed by atoms with E-state index in [1.54, 1.807) is 0 Å². The number of carbonyl (C=O) groups is 2. The van der Waals surface area contributed by atoms with Crippen LogP contribution in [0.25, 0.3) is 0 Å². The molecule has 9 nitrogen and oxygen atoms in total. The minimum Gasteiger partial charge on any atom is -0.459 e. The summed E-state index contributed by atoms with van der Waals surface area (Å²) in [4.78, 5) is 25.8. The number of nitrogens with one attached hydrogen (secondary N) is 2. The average molecular weight is 484 g/mol. The number of urea groups is 1. The number of aromatic nitrogens is 4. The van der Waals surface area contributed by atoms with Crippen molar-refractivity contribution in [3.8, 4) is 0 Å². The third-order valence-corrected chi connectivity index (χ3v) is 6.18. The average Bonchev–Trinajstić information content (AvgIpc) is 3.34. The summed E-state index contributed by atoms with van der Waals surface area (Å²) >= 11 is 0. The maximum Gasteiger partial charge on any atom is 0.392 e. The summed E-state index contributed by atoms with van der Waals surface area (Å²) in [6.45, 7) is 0. The second-order valence-electron chi connectivity index (χ2n) is 8.51. The molecule has 1 aromatic carbocycles. The molecule has 2 fully saturated rings. The first-order valence-corrected chi connectivity index (χ1v) is 11.1. The summed E-state index contributed by atoms with van der Waals surface area (Å²) in [6, 6.07) is 3.47. The monoisotopic (exact) mass is 484 g/mol. The van der Waals surface area contributed by atoms with Crippen molar-refractivity contribution in [3.63, 3.8) is 0 Å². The minimum absolute atomic E-state index is 0.108. The number of H-pyrrole nitrogens is 1. The van der Waals surface area contributed by atoms with Crippen molar-refractivity contribution in [1.29, 1.82) is 0 Å². The predicted molar refractivity (Wildman–Crippen MR) is 110 cm³/mol. The maximum atomic E-state index is 14.8. The highest BCUT2D eigenvalue weighted by Gasteiger charge is 2.50. The molecule has 0 bridgehead atoms. The number of piperidine rings is 1. The molecule has 2 aromatic rings. The van der Waals surface area contributed by atoms with Crippen molar-refractivity contribution in [3.05, 3.63) is 35.7 Å². The second-order valence-corrected chi connectivity index (χ2v) is 8.51. The fraction of sp³-hybridized carbons (Fsp3) is 0.571. The fourth-order valence-electron chi connectivity index (χ4n) is 4.38. The number of likely N-dealkylation sites (tertiary alicyclic amines) is 1. The Hall–Kier alpha value is -3.25. The lowest BCUT2D eigenvalue weighted by atomic mass is 9.89. The lowest BCUT2D eigenvalue weighted by Gasteiger charge is -2.40. The van der Waals surface area contributed by atoms with Gasteiger partial charge >= 0.3 is 18.2 Å². The molecule has 1 aliphatic heterocycles. The van der Waals surface area contributed by atoms with Crippen LogP contribution in [-0.2, 0) is 4.74 Å². The molecule has 3 atom stereocenters. The van der Waals surface area contributed by atoms with Gasteiger partial charge in [-0.1, -0.05) is 11.6 Å². The van der Waals surface area contributed by atoms with E-state index in [0.717, 1.165) is 32.1 Å². The van der Waals surface area contributed by atoms with E-state index in [1.165, 1.54) is 24.3 Å². The number of rotatable bonds is 4. The lowest BCUT2D eigenvalue weighted by molar-refractivity contribution is -0.200. The number of amides is 2. The Bertz CT molecular complexity index is 979. The Morgan fingerprint density at radius 3 is 2.41 bits per heavy atom. The quantitative estimate of drug-likeness (QED) is 0.375. The van der Waals surface area contributed by atoms with Crippen LogP contribution >= 0.6 is 0 Å². The number of esters is 1. The number of nitrogens with zero attached hydrogens (tertiary/aromatic N) is 4. The number of benzene rings is 1. The van der Waals surface area contributed by atoms with Gasteiger partial charge in [-0.3, -0.25) is 4.90 Å². The van der Waals surface area contributed by atoms with Gasteiger partial charge in [0.25, 0.3) is 0 Å². The molecule has 0 radical (unpaired) electrons. The molecule has 1 saturated heterocycles. The maximum absolute atomic E-state index is 14.8. The van der Waals surface area contributed by atoms with Crippen LogP contribution in [0.15, 0.2) is 24.3 Å². The molecule has 2 aliphatic rings. The summed E-state index contributed by atoms with van der Waals surface area (Å²) in [6.07, 6.45) is -3.61. The van der Waals surface area contributed by atoms with Gasteiger partial charge in [-0.05, 0) is 56.4 Å². The lowest BCUT2D eigenvalue weighted by Crippen LogP contribution is -2.50. The number of ether oxygens (including phenoxy) is 1. The molecule has 1 aliphatic carbocycles. The Morgan fingerprint density at radius 2 is 1.79 bits per heavy atom. The number of hydrogen-bond acceptors (Lipinski definition) is 6. The number of anilines is 1. The van der Waals surface area contributed by atoms with E-state index >= 15 is 0 Å². The van der Waals surface area contributed by atoms with Crippen molar-refractivity contribution in [1.82, 2.24) is 25.5 Å². The van der Waals surface area contributed by atoms with E-state index in [1.807, 2.05) is 0 Å². The van der Waals surface area contributed by atoms with Crippen molar-refractivity contribution in [2.24, 2.45) is 5.92 Å². The van der Waals surface area contributed by atoms with Crippen molar-refractivity contribution in [2.75, 3.05) is 5.32 Å². The van der Waals surface area contributed by atoms with E-state index in [9.17, 15) is 27.2 Å². The van der Waals surface area contributed by atoms with Crippen molar-refractivity contribution in [2.45, 2.75) is 69.6 Å². The Balaban J connectivity index is 1.43. The van der Waals surface area contributed by atoms with Crippen LogP contribution in [0.3, 0.4) is 0 Å². The van der Waals surface area contributed by atoms with Crippen molar-refractivity contribution < 1.29 is 31.9 Å². The number of hydrogen-bond donors (Lipinski definition) is 2. The first-order chi connectivity index (χ1) is 16.2. The molecule has 1 aromatic heterocycles. The van der Waals surface area contributed by atoms with Crippen LogP contribution in [0.5, 0.6) is 0 Å². The molecule has 34 heavy (non-hydrogen) atoms. The highest BCUT2D eigenvalue weighted by Crippen LogP contribution is 2.44. The summed E-state index contributed by atoms with van der Waals surface area (Å²) in [5.41, 5.74) is 0.527. The minimum atomic E-state index is -4.63. The van der Waals surface area contributed by atoms with Gasteiger partial charge in [0.2, 0.25) is 0 Å². The number of halogens is 4. The molecule has 2 amide bonds. The van der Waals surface area contributed by atoms with Crippen LogP contribution in [0.2, 0.25) is 0 Å². The van der Waals surface area contributed by atoms with Gasteiger partial charge in [0, 0.05) is 12.1 Å². The van der Waals surface area contributed by atoms with Gasteiger partial charge in [0.1, 0.15) is 12.1 Å². The van der Waals surface area contributed by atoms with E-state index in [4.69, 9.17) is 4.74 Å².